The highest BCUT2D eigenvalue weighted by molar-refractivity contribution is 8.01. The van der Waals surface area contributed by atoms with Gasteiger partial charge < -0.3 is 0 Å². The molecular weight excluding hydrogens is 1480 g/mol. The van der Waals surface area contributed by atoms with Crippen LogP contribution in [0, 0.1) is 0 Å². The molecule has 3 heteroatoms. The van der Waals surface area contributed by atoms with Crippen LogP contribution >= 0.6 is 34.4 Å². The van der Waals surface area contributed by atoms with Crippen LogP contribution in [0.5, 0.6) is 0 Å². The van der Waals surface area contributed by atoms with E-state index in [4.69, 9.17) is 0 Å². The summed E-state index contributed by atoms with van der Waals surface area (Å²) in [4.78, 5) is 1.38. The van der Waals surface area contributed by atoms with Crippen LogP contribution in [0.15, 0.2) is 405 Å². The molecule has 0 nitrogen and oxygen atoms in total. The third-order valence-electron chi connectivity index (χ3n) is 26.1. The maximum Gasteiger partial charge on any atom is 0.0536 e. The maximum atomic E-state index is 2.48. The zero-order valence-corrected chi connectivity index (χ0v) is 66.9. The van der Waals surface area contributed by atoms with Gasteiger partial charge in [-0.3, -0.25) is 0 Å². The smallest absolute Gasteiger partial charge is 0.0536 e. The van der Waals surface area contributed by atoms with Crippen LogP contribution in [0.3, 0.4) is 0 Å². The fourth-order valence-corrected chi connectivity index (χ4v) is 24.7. The molecule has 0 N–H and O–H groups in total. The molecule has 25 rings (SSSR count). The van der Waals surface area contributed by atoms with Crippen molar-refractivity contribution >= 4 is 177 Å². The fraction of sp³-hybridized carbons (Fsp3) is 0.0261. The number of rotatable bonds is 9. The standard InChI is InChI=1S/C115H70S3/c1-115-108(70-21-3-2-4-22-70)43-20-44-109(115)100-42-19-39-83(114(100)118-115)77-26-16-24-72(60-77)74-49-54-94-90-33-11-14-36-93(90)102-62-75(50-55-97(102)103(94)61-74)76-53-58-110-106(63-76)107-67-80(66-101(113(107)116-110)79-52-57-96-89-32-8-6-28-85(89)87-30-10-13-35-92(87)105(96)65-79)73-25-15-23-71(59-73)68-45-47-69(48-46-68)81-37-17-40-98-99-41-18-38-82(112(99)117-111(81)98)78-51-56-95-88-31-7-5-27-84(88)86-29-9-12-34-91(86)104(95)64-78/h2-67,109H,1H3. The molecule has 2 aliphatic rings. The van der Waals surface area contributed by atoms with Gasteiger partial charge in [0.25, 0.3) is 0 Å². The van der Waals surface area contributed by atoms with E-state index in [0.29, 0.717) is 0 Å². The molecule has 2 aromatic heterocycles. The van der Waals surface area contributed by atoms with Crippen LogP contribution in [0.25, 0.3) is 232 Å². The summed E-state index contributed by atoms with van der Waals surface area (Å²) in [6.45, 7) is 2.44. The summed E-state index contributed by atoms with van der Waals surface area (Å²) >= 11 is 5.87. The predicted molar refractivity (Wildman–Crippen MR) is 514 cm³/mol. The second-order valence-corrected chi connectivity index (χ2v) is 36.0. The van der Waals surface area contributed by atoms with Crippen molar-refractivity contribution in [3.8, 4) is 89.0 Å². The summed E-state index contributed by atoms with van der Waals surface area (Å²) < 4.78 is 5.07. The van der Waals surface area contributed by atoms with Crippen molar-refractivity contribution in [2.45, 2.75) is 22.5 Å². The van der Waals surface area contributed by atoms with Gasteiger partial charge in [-0.25, -0.2) is 0 Å². The highest BCUT2D eigenvalue weighted by atomic mass is 32.2. The molecule has 548 valence electrons. The predicted octanol–water partition coefficient (Wildman–Crippen LogP) is 33.7. The van der Waals surface area contributed by atoms with Crippen LogP contribution < -0.4 is 0 Å². The Morgan fingerprint density at radius 1 is 0.212 bits per heavy atom. The molecular formula is C115H70S3. The summed E-state index contributed by atoms with van der Waals surface area (Å²) in [7, 11) is 0. The van der Waals surface area contributed by atoms with Gasteiger partial charge in [-0.05, 0) is 265 Å². The molecule has 0 saturated heterocycles. The molecule has 2 unspecified atom stereocenters. The Hall–Kier alpha value is -13.8. The maximum absolute atomic E-state index is 2.48. The van der Waals surface area contributed by atoms with E-state index in [1.807, 2.05) is 34.4 Å². The van der Waals surface area contributed by atoms with Crippen molar-refractivity contribution in [1.82, 2.24) is 0 Å². The van der Waals surface area contributed by atoms with Gasteiger partial charge in [0.2, 0.25) is 0 Å². The van der Waals surface area contributed by atoms with E-state index >= 15 is 0 Å². The van der Waals surface area contributed by atoms with E-state index in [2.05, 4.69) is 407 Å². The zero-order valence-electron chi connectivity index (χ0n) is 64.4. The third kappa shape index (κ3) is 10.4. The SMILES string of the molecule is CC12Sc3c(-c4cccc(-c5ccc6c7ccccc7c7cc(-c8ccc9sc%10c(-c%11ccc%12c%13ccccc%13c%13ccccc%13c%12c%11)cc(-c%11cccc(-c%12ccc(-c%13cccc%14c%13sc%13c(-c%15ccc%16c%17ccccc%17c%17ccccc%17c%16c%15)cccc%13%14)cc%12)c%11)cc%10c9c8)ccc7c6c5)c4)cccc3C1C=CC=C2c1ccccc1. The number of fused-ring (bicyclic) bond motifs is 27. The molecule has 0 radical (unpaired) electrons. The lowest BCUT2D eigenvalue weighted by atomic mass is 9.76. The van der Waals surface area contributed by atoms with Crippen molar-refractivity contribution < 1.29 is 0 Å². The second-order valence-electron chi connectivity index (χ2n) is 32.4. The van der Waals surface area contributed by atoms with Gasteiger partial charge in [0.05, 0.1) is 4.75 Å². The van der Waals surface area contributed by atoms with Gasteiger partial charge in [0.15, 0.2) is 0 Å². The van der Waals surface area contributed by atoms with E-state index in [1.165, 1.54) is 248 Å². The van der Waals surface area contributed by atoms with Gasteiger partial charge in [-0.2, -0.15) is 0 Å². The van der Waals surface area contributed by atoms with Gasteiger partial charge in [0, 0.05) is 56.7 Å². The Kier molecular flexibility index (Phi) is 15.1. The average Bonchev–Trinajstić information content (AvgIpc) is 1.21. The van der Waals surface area contributed by atoms with Gasteiger partial charge >= 0.3 is 0 Å². The molecule has 0 spiro atoms. The van der Waals surface area contributed by atoms with Crippen molar-refractivity contribution in [3.63, 3.8) is 0 Å². The van der Waals surface area contributed by atoms with E-state index in [9.17, 15) is 0 Å². The Labute approximate surface area is 694 Å². The quantitative estimate of drug-likeness (QED) is 0.130. The van der Waals surface area contributed by atoms with Crippen molar-refractivity contribution in [1.29, 1.82) is 0 Å². The average molecular weight is 1550 g/mol. The van der Waals surface area contributed by atoms with Crippen molar-refractivity contribution in [2.24, 2.45) is 0 Å². The Morgan fingerprint density at radius 3 is 1.10 bits per heavy atom. The Balaban J connectivity index is 0.585. The molecule has 0 fully saturated rings. The van der Waals surface area contributed by atoms with Gasteiger partial charge in [-0.1, -0.05) is 340 Å². The molecule has 118 heavy (non-hydrogen) atoms. The lowest BCUT2D eigenvalue weighted by Crippen LogP contribution is -2.27. The minimum Gasteiger partial charge on any atom is -0.135 e. The number of thioether (sulfide) groups is 1. The normalized spacial score (nSPS) is 14.8. The summed E-state index contributed by atoms with van der Waals surface area (Å²) in [5, 5.41) is 28.1. The lowest BCUT2D eigenvalue weighted by molar-refractivity contribution is 0.719. The lowest BCUT2D eigenvalue weighted by Gasteiger charge is -2.34. The number of allylic oxidation sites excluding steroid dienone is 3. The Morgan fingerprint density at radius 2 is 0.551 bits per heavy atom. The highest BCUT2D eigenvalue weighted by Crippen LogP contribution is 2.63. The molecule has 1 aliphatic heterocycles. The van der Waals surface area contributed by atoms with Gasteiger partial charge in [0.1, 0.15) is 0 Å². The minimum atomic E-state index is -0.116. The minimum absolute atomic E-state index is 0.116. The summed E-state index contributed by atoms with van der Waals surface area (Å²) in [6.07, 6.45) is 7.02. The second kappa shape index (κ2) is 26.4. The molecule has 2 atom stereocenters. The number of benzene rings is 21. The highest BCUT2D eigenvalue weighted by Gasteiger charge is 2.47. The summed E-state index contributed by atoms with van der Waals surface area (Å²) in [6, 6.07) is 145. The molecule has 1 aliphatic carbocycles. The first kappa shape index (κ1) is 67.5. The topological polar surface area (TPSA) is 0 Å². The molecule has 3 heterocycles. The largest absolute Gasteiger partial charge is 0.135 e. The van der Waals surface area contributed by atoms with Crippen LogP contribution in [-0.4, -0.2) is 4.75 Å². The molecule has 0 bridgehead atoms. The van der Waals surface area contributed by atoms with E-state index < -0.39 is 0 Å². The van der Waals surface area contributed by atoms with E-state index in [-0.39, 0.29) is 10.7 Å². The van der Waals surface area contributed by atoms with Gasteiger partial charge in [-0.15, -0.1) is 34.4 Å². The molecule has 0 amide bonds. The summed E-state index contributed by atoms with van der Waals surface area (Å²) in [5.74, 6) is 0.283. The van der Waals surface area contributed by atoms with Crippen LogP contribution in [-0.2, 0) is 0 Å². The monoisotopic (exact) mass is 1550 g/mol. The number of thiophene rings is 2. The first-order valence-electron chi connectivity index (χ1n) is 40.9. The number of hydrogen-bond donors (Lipinski definition) is 0. The van der Waals surface area contributed by atoms with Crippen LogP contribution in [0.2, 0.25) is 0 Å². The van der Waals surface area contributed by atoms with Crippen molar-refractivity contribution in [3.05, 3.63) is 412 Å². The summed E-state index contributed by atoms with van der Waals surface area (Å²) in [5.41, 5.74) is 23.6. The number of hydrogen-bond acceptors (Lipinski definition) is 3. The zero-order chi connectivity index (χ0) is 77.4. The van der Waals surface area contributed by atoms with Crippen LogP contribution in [0.1, 0.15) is 24.0 Å². The Bertz CT molecular complexity index is 8280. The van der Waals surface area contributed by atoms with E-state index in [0.717, 1.165) is 0 Å². The van der Waals surface area contributed by atoms with E-state index in [1.54, 1.807) is 0 Å². The first-order chi connectivity index (χ1) is 58.3. The van der Waals surface area contributed by atoms with Crippen LogP contribution in [0.4, 0.5) is 0 Å². The first-order valence-corrected chi connectivity index (χ1v) is 43.4. The fourth-order valence-electron chi connectivity index (χ4n) is 20.4. The molecule has 0 saturated carbocycles. The molecule has 23 aromatic rings. The third-order valence-corrected chi connectivity index (χ3v) is 30.1. The molecule has 21 aromatic carbocycles. The van der Waals surface area contributed by atoms with Crippen molar-refractivity contribution in [2.75, 3.05) is 0 Å².